The molecule has 4 rings (SSSR count). The number of aromatic nitrogens is 3. The fourth-order valence-electron chi connectivity index (χ4n) is 2.78. The summed E-state index contributed by atoms with van der Waals surface area (Å²) in [4.78, 5) is 7.26. The van der Waals surface area contributed by atoms with Gasteiger partial charge in [0.25, 0.3) is 0 Å². The number of hydrogen-bond acceptors (Lipinski definition) is 4. The SMILES string of the molecule is CC(C)C1NCCc2c1sc1nc(C3CC3)nn21. The zero-order valence-electron chi connectivity index (χ0n) is 10.8. The van der Waals surface area contributed by atoms with E-state index in [0.29, 0.717) is 17.9 Å². The maximum atomic E-state index is 4.73. The molecule has 5 heteroatoms. The molecule has 18 heavy (non-hydrogen) atoms. The lowest BCUT2D eigenvalue weighted by molar-refractivity contribution is 0.397. The third-order valence-corrected chi connectivity index (χ3v) is 5.11. The zero-order chi connectivity index (χ0) is 12.3. The van der Waals surface area contributed by atoms with Crippen LogP contribution in [0, 0.1) is 5.92 Å². The molecule has 1 atom stereocenters. The first-order valence-corrected chi connectivity index (χ1v) is 7.67. The van der Waals surface area contributed by atoms with Gasteiger partial charge < -0.3 is 5.32 Å². The second-order valence-corrected chi connectivity index (χ2v) is 6.79. The van der Waals surface area contributed by atoms with Gasteiger partial charge in [-0.25, -0.2) is 9.50 Å². The van der Waals surface area contributed by atoms with E-state index in [1.807, 2.05) is 11.3 Å². The van der Waals surface area contributed by atoms with Crippen LogP contribution in [0.15, 0.2) is 0 Å². The van der Waals surface area contributed by atoms with Crippen LogP contribution in [0.1, 0.15) is 55.0 Å². The largest absolute Gasteiger partial charge is 0.309 e. The van der Waals surface area contributed by atoms with E-state index in [1.54, 1.807) is 0 Å². The van der Waals surface area contributed by atoms with Crippen molar-refractivity contribution < 1.29 is 0 Å². The van der Waals surface area contributed by atoms with Gasteiger partial charge in [-0.15, -0.1) is 0 Å². The third-order valence-electron chi connectivity index (χ3n) is 3.95. The maximum absolute atomic E-state index is 4.73. The van der Waals surface area contributed by atoms with Crippen LogP contribution in [0.5, 0.6) is 0 Å². The lowest BCUT2D eigenvalue weighted by Crippen LogP contribution is -2.32. The van der Waals surface area contributed by atoms with Gasteiger partial charge >= 0.3 is 0 Å². The molecule has 0 saturated heterocycles. The molecule has 1 fully saturated rings. The second kappa shape index (κ2) is 3.78. The van der Waals surface area contributed by atoms with Crippen molar-refractivity contribution in [3.8, 4) is 0 Å². The molecule has 3 heterocycles. The fraction of sp³-hybridized carbons (Fsp3) is 0.692. The number of thiazole rings is 1. The Kier molecular flexibility index (Phi) is 2.29. The normalized spacial score (nSPS) is 23.8. The van der Waals surface area contributed by atoms with E-state index in [1.165, 1.54) is 23.4 Å². The van der Waals surface area contributed by atoms with Crippen LogP contribution >= 0.6 is 11.3 Å². The predicted molar refractivity (Wildman–Crippen MR) is 72.1 cm³/mol. The summed E-state index contributed by atoms with van der Waals surface area (Å²) in [5, 5.41) is 8.35. The molecule has 1 unspecified atom stereocenters. The number of hydrogen-bond donors (Lipinski definition) is 1. The van der Waals surface area contributed by atoms with Gasteiger partial charge in [0.2, 0.25) is 4.96 Å². The Hall–Kier alpha value is -0.940. The molecular weight excluding hydrogens is 244 g/mol. The molecule has 0 spiro atoms. The van der Waals surface area contributed by atoms with E-state index in [0.717, 1.165) is 23.8 Å². The van der Waals surface area contributed by atoms with Crippen LogP contribution < -0.4 is 5.32 Å². The van der Waals surface area contributed by atoms with E-state index >= 15 is 0 Å². The summed E-state index contributed by atoms with van der Waals surface area (Å²) in [6.07, 6.45) is 3.62. The van der Waals surface area contributed by atoms with Gasteiger partial charge in [0.1, 0.15) is 0 Å². The molecule has 96 valence electrons. The number of nitrogens with zero attached hydrogens (tertiary/aromatic N) is 3. The topological polar surface area (TPSA) is 42.2 Å². The summed E-state index contributed by atoms with van der Waals surface area (Å²) in [5.41, 5.74) is 1.40. The molecule has 2 aromatic heterocycles. The van der Waals surface area contributed by atoms with Gasteiger partial charge in [-0.1, -0.05) is 25.2 Å². The fourth-order valence-corrected chi connectivity index (χ4v) is 4.14. The number of nitrogens with one attached hydrogen (secondary N) is 1. The van der Waals surface area contributed by atoms with Crippen LogP contribution in [0.2, 0.25) is 0 Å². The second-order valence-electron chi connectivity index (χ2n) is 5.78. The average molecular weight is 262 g/mol. The van der Waals surface area contributed by atoms with E-state index in [9.17, 15) is 0 Å². The molecule has 1 N–H and O–H groups in total. The van der Waals surface area contributed by atoms with Crippen molar-refractivity contribution in [3.63, 3.8) is 0 Å². The van der Waals surface area contributed by atoms with Gasteiger partial charge in [0.05, 0.1) is 5.69 Å². The number of fused-ring (bicyclic) bond motifs is 3. The lowest BCUT2D eigenvalue weighted by atomic mass is 9.97. The van der Waals surface area contributed by atoms with Gasteiger partial charge in [-0.3, -0.25) is 0 Å². The molecule has 2 aromatic rings. The summed E-state index contributed by atoms with van der Waals surface area (Å²) in [6.45, 7) is 5.61. The van der Waals surface area contributed by atoms with Gasteiger partial charge in [0.15, 0.2) is 5.82 Å². The highest BCUT2D eigenvalue weighted by atomic mass is 32.1. The quantitative estimate of drug-likeness (QED) is 0.904. The zero-order valence-corrected chi connectivity index (χ0v) is 11.6. The summed E-state index contributed by atoms with van der Waals surface area (Å²) < 4.78 is 2.11. The molecule has 4 nitrogen and oxygen atoms in total. The Labute approximate surface area is 110 Å². The van der Waals surface area contributed by atoms with Crippen LogP contribution in [0.25, 0.3) is 4.96 Å². The number of rotatable bonds is 2. The standard InChI is InChI=1S/C13H18N4S/c1-7(2)10-11-9(5-6-14-10)17-13(18-11)15-12(16-17)8-3-4-8/h7-8,10,14H,3-6H2,1-2H3. The van der Waals surface area contributed by atoms with Crippen molar-refractivity contribution in [1.29, 1.82) is 0 Å². The summed E-state index contributed by atoms with van der Waals surface area (Å²) in [7, 11) is 0. The van der Waals surface area contributed by atoms with E-state index < -0.39 is 0 Å². The van der Waals surface area contributed by atoms with E-state index in [2.05, 4.69) is 23.7 Å². The van der Waals surface area contributed by atoms with Crippen molar-refractivity contribution >= 4 is 16.3 Å². The first-order chi connectivity index (χ1) is 8.74. The molecule has 0 amide bonds. The van der Waals surface area contributed by atoms with Crippen molar-refractivity contribution in [2.75, 3.05) is 6.54 Å². The predicted octanol–water partition coefficient (Wildman–Crippen LogP) is 2.51. The molecule has 0 radical (unpaired) electrons. The summed E-state index contributed by atoms with van der Waals surface area (Å²) in [5.74, 6) is 2.34. The van der Waals surface area contributed by atoms with Crippen LogP contribution in [-0.4, -0.2) is 21.1 Å². The highest BCUT2D eigenvalue weighted by molar-refractivity contribution is 7.17. The minimum atomic E-state index is 0.478. The first kappa shape index (κ1) is 10.9. The van der Waals surface area contributed by atoms with Crippen molar-refractivity contribution in [3.05, 3.63) is 16.4 Å². The van der Waals surface area contributed by atoms with Gasteiger partial charge in [-0.05, 0) is 18.8 Å². The Morgan fingerprint density at radius 1 is 1.39 bits per heavy atom. The first-order valence-electron chi connectivity index (χ1n) is 6.85. The molecule has 0 aromatic carbocycles. The van der Waals surface area contributed by atoms with E-state index in [-0.39, 0.29) is 0 Å². The Bertz CT molecular complexity index is 593. The average Bonchev–Trinajstić information content (AvgIpc) is 3.02. The van der Waals surface area contributed by atoms with Crippen molar-refractivity contribution in [1.82, 2.24) is 19.9 Å². The monoisotopic (exact) mass is 262 g/mol. The highest BCUT2D eigenvalue weighted by Gasteiger charge is 2.32. The minimum Gasteiger partial charge on any atom is -0.309 e. The summed E-state index contributed by atoms with van der Waals surface area (Å²) in [6, 6.07) is 0.478. The Morgan fingerprint density at radius 2 is 2.22 bits per heavy atom. The molecule has 0 bridgehead atoms. The minimum absolute atomic E-state index is 0.478. The molecule has 1 saturated carbocycles. The van der Waals surface area contributed by atoms with E-state index in [4.69, 9.17) is 10.1 Å². The summed E-state index contributed by atoms with van der Waals surface area (Å²) >= 11 is 1.83. The molecular formula is C13H18N4S. The Balaban J connectivity index is 1.83. The molecule has 2 aliphatic rings. The molecule has 1 aliphatic heterocycles. The van der Waals surface area contributed by atoms with Crippen LogP contribution in [0.4, 0.5) is 0 Å². The van der Waals surface area contributed by atoms with Crippen LogP contribution in [-0.2, 0) is 6.42 Å². The van der Waals surface area contributed by atoms with Gasteiger partial charge in [-0.2, -0.15) is 5.10 Å². The maximum Gasteiger partial charge on any atom is 0.212 e. The van der Waals surface area contributed by atoms with Crippen molar-refractivity contribution in [2.45, 2.75) is 45.1 Å². The third kappa shape index (κ3) is 1.53. The smallest absolute Gasteiger partial charge is 0.212 e. The Morgan fingerprint density at radius 3 is 2.94 bits per heavy atom. The van der Waals surface area contributed by atoms with Crippen LogP contribution in [0.3, 0.4) is 0 Å². The van der Waals surface area contributed by atoms with Crippen molar-refractivity contribution in [2.24, 2.45) is 5.92 Å². The highest BCUT2D eigenvalue weighted by Crippen LogP contribution is 2.40. The lowest BCUT2D eigenvalue weighted by Gasteiger charge is -2.26. The molecule has 1 aliphatic carbocycles. The van der Waals surface area contributed by atoms with Gasteiger partial charge in [0, 0.05) is 29.8 Å².